The molecule has 18 heteroatoms. The van der Waals surface area contributed by atoms with E-state index in [1.54, 1.807) is 46.0 Å². The maximum atomic E-state index is 13.3. The molecule has 1 fully saturated rings. The molecule has 1 saturated carbocycles. The summed E-state index contributed by atoms with van der Waals surface area (Å²) in [5.74, 6) is -2.16. The summed E-state index contributed by atoms with van der Waals surface area (Å²) in [5, 5.41) is 13.3. The summed E-state index contributed by atoms with van der Waals surface area (Å²) >= 11 is 0. The van der Waals surface area contributed by atoms with Gasteiger partial charge in [-0.3, -0.25) is 23.6 Å². The molecule has 2 amide bonds. The fourth-order valence-electron chi connectivity index (χ4n) is 3.71. The van der Waals surface area contributed by atoms with Crippen molar-refractivity contribution in [1.82, 2.24) is 29.9 Å². The number of phosphoric acid groups is 1. The second-order valence-corrected chi connectivity index (χ2v) is 12.3. The van der Waals surface area contributed by atoms with Crippen LogP contribution >= 0.6 is 7.82 Å². The van der Waals surface area contributed by atoms with Gasteiger partial charge < -0.3 is 25.0 Å². The van der Waals surface area contributed by atoms with Crippen LogP contribution in [0.3, 0.4) is 0 Å². The maximum absolute atomic E-state index is 13.3. The van der Waals surface area contributed by atoms with Crippen LogP contribution < -0.4 is 20.9 Å². The van der Waals surface area contributed by atoms with Crippen LogP contribution in [0.25, 0.3) is 11.4 Å². The number of methoxy groups -OCH3 is 1. The number of rotatable bonds is 12. The Balaban J connectivity index is 1.75. The fourth-order valence-corrected chi connectivity index (χ4v) is 4.22. The zero-order valence-electron chi connectivity index (χ0n) is 28.1. The molecule has 1 atom stereocenters. The lowest BCUT2D eigenvalue weighted by atomic mass is 9.98. The third kappa shape index (κ3) is 8.60. The normalized spacial score (nSPS) is 16.1. The molecule has 0 saturated heterocycles. The molecule has 242 valence electrons. The predicted octanol–water partition coefficient (Wildman–Crippen LogP) is 2.27. The SMILES string of the molecule is [2H]C([2H])([2H])NC(=O)c1nn(COP(=O)(O)OCOC(=O)C(C)(C)C)/c(=N/C(=O)C2CC2)cc1Nc1cccc(-c2ncn(C)n2)c1OC. The van der Waals surface area contributed by atoms with E-state index in [0.717, 1.165) is 4.68 Å². The van der Waals surface area contributed by atoms with Gasteiger partial charge in [-0.05, 0) is 45.7 Å². The first-order valence-corrected chi connectivity index (χ1v) is 15.0. The Morgan fingerprint density at radius 3 is 2.58 bits per heavy atom. The zero-order chi connectivity index (χ0) is 35.4. The number of hydrogen-bond acceptors (Lipinski definition) is 12. The van der Waals surface area contributed by atoms with Crippen LogP contribution in [0.2, 0.25) is 0 Å². The van der Waals surface area contributed by atoms with Crippen molar-refractivity contribution in [3.05, 3.63) is 41.8 Å². The number of aromatic nitrogens is 5. The quantitative estimate of drug-likeness (QED) is 0.146. The van der Waals surface area contributed by atoms with Crippen molar-refractivity contribution >= 4 is 37.0 Å². The number of nitrogens with one attached hydrogen (secondary N) is 2. The molecule has 3 N–H and O–H groups in total. The molecule has 2 heterocycles. The minimum atomic E-state index is -4.91. The van der Waals surface area contributed by atoms with Gasteiger partial charge >= 0.3 is 13.8 Å². The number of phosphoric ester groups is 1. The summed E-state index contributed by atoms with van der Waals surface area (Å²) in [5.41, 5.74) is -1.01. The van der Waals surface area contributed by atoms with E-state index in [-0.39, 0.29) is 28.5 Å². The molecule has 1 unspecified atom stereocenters. The van der Waals surface area contributed by atoms with Crippen LogP contribution in [0.15, 0.2) is 35.6 Å². The number of ether oxygens (including phenoxy) is 2. The molecule has 17 nitrogen and oxygen atoms in total. The number of nitrogens with zero attached hydrogens (tertiary/aromatic N) is 6. The highest BCUT2D eigenvalue weighted by Crippen LogP contribution is 2.43. The van der Waals surface area contributed by atoms with Gasteiger partial charge in [-0.2, -0.15) is 15.2 Å². The van der Waals surface area contributed by atoms with Crippen LogP contribution in [-0.2, 0) is 41.7 Å². The van der Waals surface area contributed by atoms with Crippen LogP contribution in [0.5, 0.6) is 5.75 Å². The molecule has 3 aromatic rings. The number of esters is 1. The number of carbonyl (C=O) groups is 3. The lowest BCUT2D eigenvalue weighted by Crippen LogP contribution is -2.31. The Morgan fingerprint density at radius 2 is 1.96 bits per heavy atom. The van der Waals surface area contributed by atoms with Gasteiger partial charge in [-0.1, -0.05) is 6.07 Å². The smallest absolute Gasteiger partial charge is 0.476 e. The highest BCUT2D eigenvalue weighted by molar-refractivity contribution is 7.47. The third-order valence-corrected chi connectivity index (χ3v) is 7.06. The summed E-state index contributed by atoms with van der Waals surface area (Å²) < 4.78 is 57.7. The largest absolute Gasteiger partial charge is 0.494 e. The number of benzene rings is 1. The Kier molecular flexibility index (Phi) is 8.90. The van der Waals surface area contributed by atoms with Gasteiger partial charge in [-0.15, -0.1) is 0 Å². The van der Waals surface area contributed by atoms with Crippen molar-refractivity contribution in [2.45, 2.75) is 40.3 Å². The molecule has 1 aromatic carbocycles. The van der Waals surface area contributed by atoms with E-state index in [1.807, 2.05) is 5.32 Å². The van der Waals surface area contributed by atoms with Gasteiger partial charge in [0.25, 0.3) is 11.8 Å². The van der Waals surface area contributed by atoms with Gasteiger partial charge in [-0.25, -0.2) is 18.8 Å². The van der Waals surface area contributed by atoms with Gasteiger partial charge in [0, 0.05) is 30.1 Å². The van der Waals surface area contributed by atoms with E-state index in [2.05, 4.69) is 25.5 Å². The lowest BCUT2D eigenvalue weighted by molar-refractivity contribution is -0.160. The van der Waals surface area contributed by atoms with Crippen LogP contribution in [0.4, 0.5) is 11.4 Å². The van der Waals surface area contributed by atoms with E-state index in [0.29, 0.717) is 24.2 Å². The molecule has 1 aliphatic carbocycles. The molecule has 45 heavy (non-hydrogen) atoms. The first-order valence-electron chi connectivity index (χ1n) is 15.0. The molecule has 0 radical (unpaired) electrons. The monoisotopic (exact) mass is 649 g/mol. The third-order valence-electron chi connectivity index (χ3n) is 6.18. The molecule has 0 aliphatic heterocycles. The predicted molar refractivity (Wildman–Crippen MR) is 158 cm³/mol. The Bertz CT molecular complexity index is 1820. The highest BCUT2D eigenvalue weighted by Gasteiger charge is 2.30. The maximum Gasteiger partial charge on any atom is 0.476 e. The summed E-state index contributed by atoms with van der Waals surface area (Å²) in [4.78, 5) is 56.5. The first kappa shape index (κ1) is 29.3. The van der Waals surface area contributed by atoms with Gasteiger partial charge in [0.15, 0.2) is 29.5 Å². The Morgan fingerprint density at radius 1 is 1.20 bits per heavy atom. The summed E-state index contributed by atoms with van der Waals surface area (Å²) in [6.07, 6.45) is 2.71. The average Bonchev–Trinajstić information content (AvgIpc) is 3.75. The van der Waals surface area contributed by atoms with Crippen molar-refractivity contribution < 1.29 is 46.5 Å². The topological polar surface area (TPSA) is 210 Å². The second-order valence-electron chi connectivity index (χ2n) is 10.9. The average molecular weight is 650 g/mol. The van der Waals surface area contributed by atoms with E-state index in [4.69, 9.17) is 22.6 Å². The zero-order valence-corrected chi connectivity index (χ0v) is 26.0. The molecule has 0 spiro atoms. The van der Waals surface area contributed by atoms with Crippen LogP contribution in [-0.4, -0.2) is 68.1 Å². The molecule has 2 aromatic heterocycles. The second kappa shape index (κ2) is 13.7. The summed E-state index contributed by atoms with van der Waals surface area (Å²) in [6, 6.07) is 6.16. The molecular formula is C27H35N8O9P. The number of para-hydroxylation sites is 1. The van der Waals surface area contributed by atoms with E-state index >= 15 is 0 Å². The number of amides is 2. The van der Waals surface area contributed by atoms with Gasteiger partial charge in [0.05, 0.1) is 29.5 Å². The van der Waals surface area contributed by atoms with E-state index < -0.39 is 57.2 Å². The minimum absolute atomic E-state index is 0.114. The molecular weight excluding hydrogens is 611 g/mol. The first-order chi connectivity index (χ1) is 22.4. The lowest BCUT2D eigenvalue weighted by Gasteiger charge is -2.19. The Hall–Kier alpha value is -4.44. The molecule has 0 bridgehead atoms. The van der Waals surface area contributed by atoms with Crippen molar-refractivity contribution in [2.75, 3.05) is 26.2 Å². The van der Waals surface area contributed by atoms with Crippen molar-refractivity contribution in [3.63, 3.8) is 0 Å². The van der Waals surface area contributed by atoms with Crippen molar-refractivity contribution in [2.24, 2.45) is 23.4 Å². The van der Waals surface area contributed by atoms with Gasteiger partial charge in [0.1, 0.15) is 6.33 Å². The summed E-state index contributed by atoms with van der Waals surface area (Å²) in [6.45, 7) is -0.0276. The minimum Gasteiger partial charge on any atom is -0.494 e. The highest BCUT2D eigenvalue weighted by atomic mass is 31.2. The van der Waals surface area contributed by atoms with E-state index in [9.17, 15) is 23.8 Å². The number of hydrogen-bond donors (Lipinski definition) is 3. The number of carbonyl (C=O) groups excluding carboxylic acids is 3. The Labute approximate surface area is 262 Å². The number of aryl methyl sites for hydroxylation is 1. The van der Waals surface area contributed by atoms with Crippen molar-refractivity contribution in [3.8, 4) is 17.1 Å². The van der Waals surface area contributed by atoms with Crippen LogP contribution in [0, 0.1) is 11.3 Å². The molecule has 1 aliphatic rings. The van der Waals surface area contributed by atoms with Gasteiger partial charge in [0.2, 0.25) is 6.79 Å². The fraction of sp³-hybridized carbons (Fsp3) is 0.444. The summed E-state index contributed by atoms with van der Waals surface area (Å²) in [7, 11) is -1.82. The number of anilines is 2. The molecule has 4 rings (SSSR count). The van der Waals surface area contributed by atoms with Crippen LogP contribution in [0.1, 0.15) is 48.2 Å². The van der Waals surface area contributed by atoms with E-state index in [1.165, 1.54) is 24.2 Å². The standard InChI is InChI=1S/C27H35N8O9P/c1-27(2,3)26(38)42-15-44-45(39,40)43-14-35-20(31-24(36)16-10-11-16)12-19(21(32-35)25(37)28-4)30-18-9-7-8-17(22(18)41-6)23-29-13-34(5)33-23/h7-9,12-13,16,30H,10-11,14-15H2,1-6H3,(H,28,37)(H,39,40)/b31-20+/i4D3. The van der Waals surface area contributed by atoms with Crippen molar-refractivity contribution in [1.29, 1.82) is 0 Å².